The average molecular weight is 325 g/mol. The summed E-state index contributed by atoms with van der Waals surface area (Å²) >= 11 is 5.58. The zero-order chi connectivity index (χ0) is 16.4. The highest BCUT2D eigenvalue weighted by Gasteiger charge is 2.37. The van der Waals surface area contributed by atoms with Crippen molar-refractivity contribution in [2.75, 3.05) is 11.2 Å². The molecule has 1 amide bonds. The molecule has 0 saturated carbocycles. The first kappa shape index (κ1) is 17.2. The number of carbonyl (C=O) groups is 1. The Morgan fingerprint density at radius 2 is 1.95 bits per heavy atom. The van der Waals surface area contributed by atoms with E-state index in [0.717, 1.165) is 12.1 Å². The first-order chi connectivity index (χ1) is 9.49. The summed E-state index contributed by atoms with van der Waals surface area (Å²) in [5.74, 6) is -0.801. The van der Waals surface area contributed by atoms with Gasteiger partial charge in [0.15, 0.2) is 0 Å². The number of carbonyl (C=O) groups excluding carboxylic acids is 1. The third-order valence-corrected chi connectivity index (χ3v) is 3.38. The highest BCUT2D eigenvalue weighted by molar-refractivity contribution is 6.20. The van der Waals surface area contributed by atoms with Crippen LogP contribution < -0.4 is 5.32 Å². The zero-order valence-corrected chi connectivity index (χ0v) is 11.9. The van der Waals surface area contributed by atoms with Gasteiger partial charge in [-0.15, -0.1) is 11.6 Å². The van der Waals surface area contributed by atoms with Crippen LogP contribution in [-0.4, -0.2) is 16.7 Å². The van der Waals surface area contributed by atoms with Crippen LogP contribution in [0.2, 0.25) is 0 Å². The minimum atomic E-state index is -4.83. The van der Waals surface area contributed by atoms with Crippen LogP contribution in [0.15, 0.2) is 18.2 Å². The molecule has 0 saturated heterocycles. The molecule has 0 fully saturated rings. The average Bonchev–Trinajstić information content (AvgIpc) is 2.37. The van der Waals surface area contributed by atoms with E-state index in [0.29, 0.717) is 6.07 Å². The van der Waals surface area contributed by atoms with Crippen LogP contribution >= 0.6 is 11.6 Å². The molecule has 0 heterocycles. The van der Waals surface area contributed by atoms with E-state index in [-0.39, 0.29) is 5.88 Å². The summed E-state index contributed by atoms with van der Waals surface area (Å²) in [7, 11) is 0. The van der Waals surface area contributed by atoms with Gasteiger partial charge < -0.3 is 5.32 Å². The van der Waals surface area contributed by atoms with E-state index in [1.807, 2.05) is 0 Å². The molecule has 0 aliphatic rings. The second kappa shape index (κ2) is 5.88. The summed E-state index contributed by atoms with van der Waals surface area (Å²) in [6.07, 6.45) is -4.83. The molecule has 1 N–H and O–H groups in total. The summed E-state index contributed by atoms with van der Waals surface area (Å²) < 4.78 is 38.8. The molecule has 116 valence electrons. The highest BCUT2D eigenvalue weighted by Crippen LogP contribution is 2.37. The van der Waals surface area contributed by atoms with Gasteiger partial charge in [-0.1, -0.05) is 0 Å². The number of non-ortho nitro benzene ring substituents is 1. The smallest absolute Gasteiger partial charge is 0.325 e. The van der Waals surface area contributed by atoms with E-state index in [1.54, 1.807) is 0 Å². The lowest BCUT2D eigenvalue weighted by atomic mass is 9.95. The first-order valence-corrected chi connectivity index (χ1v) is 6.25. The largest absolute Gasteiger partial charge is 0.418 e. The van der Waals surface area contributed by atoms with E-state index in [9.17, 15) is 28.1 Å². The lowest BCUT2D eigenvalue weighted by Gasteiger charge is -2.22. The summed E-state index contributed by atoms with van der Waals surface area (Å²) in [6, 6.07) is 2.12. The third kappa shape index (κ3) is 4.07. The van der Waals surface area contributed by atoms with Gasteiger partial charge in [-0.25, -0.2) is 0 Å². The molecule has 1 aromatic rings. The van der Waals surface area contributed by atoms with Gasteiger partial charge in [-0.2, -0.15) is 13.2 Å². The number of hydrogen-bond acceptors (Lipinski definition) is 3. The summed E-state index contributed by atoms with van der Waals surface area (Å²) in [6.45, 7) is 2.93. The van der Waals surface area contributed by atoms with E-state index in [2.05, 4.69) is 5.32 Å². The SMILES string of the molecule is CC(C)(CCl)C(=O)Nc1ccc([N+](=O)[O-])cc1C(F)(F)F. The topological polar surface area (TPSA) is 72.2 Å². The third-order valence-electron chi connectivity index (χ3n) is 2.72. The maximum absolute atomic E-state index is 12.9. The van der Waals surface area contributed by atoms with Crippen molar-refractivity contribution in [3.8, 4) is 0 Å². The predicted molar refractivity (Wildman–Crippen MR) is 71.2 cm³/mol. The molecule has 0 radical (unpaired) electrons. The standard InChI is InChI=1S/C12H12ClF3N2O3/c1-11(2,6-13)10(19)17-9-4-3-7(18(20)21)5-8(9)12(14,15)16/h3-5H,6H2,1-2H3,(H,17,19). The van der Waals surface area contributed by atoms with E-state index in [1.165, 1.54) is 13.8 Å². The fourth-order valence-corrected chi connectivity index (χ4v) is 1.46. The van der Waals surface area contributed by atoms with E-state index >= 15 is 0 Å². The number of rotatable bonds is 4. The van der Waals surface area contributed by atoms with Crippen molar-refractivity contribution in [3.63, 3.8) is 0 Å². The van der Waals surface area contributed by atoms with Crippen molar-refractivity contribution in [1.82, 2.24) is 0 Å². The Hall–Kier alpha value is -1.83. The van der Waals surface area contributed by atoms with E-state index < -0.39 is 39.4 Å². The number of alkyl halides is 4. The van der Waals surface area contributed by atoms with Crippen LogP contribution in [0.5, 0.6) is 0 Å². The molecule has 0 aromatic heterocycles. The Bertz CT molecular complexity index is 573. The monoisotopic (exact) mass is 324 g/mol. The fraction of sp³-hybridized carbons (Fsp3) is 0.417. The van der Waals surface area contributed by atoms with Crippen LogP contribution in [-0.2, 0) is 11.0 Å². The molecule has 0 atom stereocenters. The number of benzene rings is 1. The Balaban J connectivity index is 3.25. The number of anilines is 1. The molecule has 0 aliphatic heterocycles. The number of amides is 1. The molecule has 21 heavy (non-hydrogen) atoms. The van der Waals surface area contributed by atoms with Crippen LogP contribution in [0.1, 0.15) is 19.4 Å². The van der Waals surface area contributed by atoms with E-state index in [4.69, 9.17) is 11.6 Å². The van der Waals surface area contributed by atoms with Crippen LogP contribution in [0.3, 0.4) is 0 Å². The predicted octanol–water partition coefficient (Wildman–Crippen LogP) is 3.82. The molecule has 1 rings (SSSR count). The van der Waals surface area contributed by atoms with Crippen molar-refractivity contribution in [2.24, 2.45) is 5.41 Å². The molecular formula is C12H12ClF3N2O3. The molecule has 1 aromatic carbocycles. The lowest BCUT2D eigenvalue weighted by molar-refractivity contribution is -0.385. The van der Waals surface area contributed by atoms with Crippen molar-refractivity contribution < 1.29 is 22.9 Å². The number of halogens is 4. The number of hydrogen-bond donors (Lipinski definition) is 1. The quantitative estimate of drug-likeness (QED) is 0.520. The van der Waals surface area contributed by atoms with Gasteiger partial charge in [0, 0.05) is 18.0 Å². The van der Waals surface area contributed by atoms with Crippen LogP contribution in [0.25, 0.3) is 0 Å². The minimum Gasteiger partial charge on any atom is -0.325 e. The number of nitro benzene ring substituents is 1. The molecule has 5 nitrogen and oxygen atoms in total. The Labute approximate surface area is 123 Å². The molecular weight excluding hydrogens is 313 g/mol. The van der Waals surface area contributed by atoms with Crippen molar-refractivity contribution >= 4 is 28.9 Å². The van der Waals surface area contributed by atoms with Gasteiger partial charge in [0.2, 0.25) is 5.91 Å². The van der Waals surface area contributed by atoms with Crippen LogP contribution in [0.4, 0.5) is 24.5 Å². The maximum atomic E-state index is 12.9. The first-order valence-electron chi connectivity index (χ1n) is 5.72. The van der Waals surface area contributed by atoms with Crippen LogP contribution in [0, 0.1) is 15.5 Å². The number of nitrogens with zero attached hydrogens (tertiary/aromatic N) is 1. The highest BCUT2D eigenvalue weighted by atomic mass is 35.5. The second-order valence-electron chi connectivity index (χ2n) is 4.96. The van der Waals surface area contributed by atoms with Crippen molar-refractivity contribution in [3.05, 3.63) is 33.9 Å². The van der Waals surface area contributed by atoms with Gasteiger partial charge in [0.25, 0.3) is 5.69 Å². The van der Waals surface area contributed by atoms with Crippen molar-refractivity contribution in [1.29, 1.82) is 0 Å². The maximum Gasteiger partial charge on any atom is 0.418 e. The Morgan fingerprint density at radius 1 is 1.38 bits per heavy atom. The summed E-state index contributed by atoms with van der Waals surface area (Å²) in [4.78, 5) is 21.5. The summed E-state index contributed by atoms with van der Waals surface area (Å²) in [5.41, 5.74) is -3.62. The molecule has 0 aliphatic carbocycles. The van der Waals surface area contributed by atoms with Gasteiger partial charge in [0.05, 0.1) is 21.6 Å². The lowest BCUT2D eigenvalue weighted by Crippen LogP contribution is -2.33. The summed E-state index contributed by atoms with van der Waals surface area (Å²) in [5, 5.41) is 12.7. The Morgan fingerprint density at radius 3 is 2.38 bits per heavy atom. The minimum absolute atomic E-state index is 0.0901. The van der Waals surface area contributed by atoms with Crippen molar-refractivity contribution in [2.45, 2.75) is 20.0 Å². The molecule has 0 bridgehead atoms. The second-order valence-corrected chi connectivity index (χ2v) is 5.22. The Kier molecular flexibility index (Phi) is 4.83. The van der Waals surface area contributed by atoms with Gasteiger partial charge in [0.1, 0.15) is 0 Å². The molecule has 0 unspecified atom stereocenters. The fourth-order valence-electron chi connectivity index (χ4n) is 1.34. The normalized spacial score (nSPS) is 12.1. The molecule has 0 spiro atoms. The van der Waals surface area contributed by atoms with Gasteiger partial charge >= 0.3 is 6.18 Å². The number of nitrogens with one attached hydrogen (secondary N) is 1. The zero-order valence-electron chi connectivity index (χ0n) is 11.1. The number of nitro groups is 1. The molecule has 9 heteroatoms. The van der Waals surface area contributed by atoms with Gasteiger partial charge in [-0.05, 0) is 19.9 Å². The van der Waals surface area contributed by atoms with Gasteiger partial charge in [-0.3, -0.25) is 14.9 Å².